The second-order valence-corrected chi connectivity index (χ2v) is 6.65. The molecule has 0 amide bonds. The topological polar surface area (TPSA) is 37.8 Å². The van der Waals surface area contributed by atoms with Gasteiger partial charge in [0, 0.05) is 12.7 Å². The molecule has 0 spiro atoms. The summed E-state index contributed by atoms with van der Waals surface area (Å²) in [6.07, 6.45) is 1.84. The standard InChI is InChI=1S/C10H9BrIN3S/c1-2-13-9-6(12)5-14-10(15-9)7-3-4-8(11)16-7/h3-5H,2H2,1H3,(H,13,14,15). The van der Waals surface area contributed by atoms with Gasteiger partial charge in [-0.05, 0) is 57.6 Å². The highest BCUT2D eigenvalue weighted by atomic mass is 127. The first kappa shape index (κ1) is 12.3. The van der Waals surface area contributed by atoms with Crippen LogP contribution in [-0.4, -0.2) is 16.5 Å². The number of nitrogens with zero attached hydrogens (tertiary/aromatic N) is 2. The summed E-state index contributed by atoms with van der Waals surface area (Å²) in [4.78, 5) is 9.91. The van der Waals surface area contributed by atoms with Gasteiger partial charge in [0.05, 0.1) is 12.2 Å². The molecule has 0 aliphatic carbocycles. The molecule has 2 aromatic rings. The lowest BCUT2D eigenvalue weighted by molar-refractivity contribution is 1.11. The molecular weight excluding hydrogens is 401 g/mol. The molecule has 16 heavy (non-hydrogen) atoms. The molecule has 0 saturated heterocycles. The largest absolute Gasteiger partial charge is 0.369 e. The van der Waals surface area contributed by atoms with E-state index in [1.807, 2.05) is 18.3 Å². The van der Waals surface area contributed by atoms with E-state index in [1.54, 1.807) is 11.3 Å². The maximum absolute atomic E-state index is 4.51. The first-order valence-corrected chi connectivity index (χ1v) is 7.41. The molecule has 0 aromatic carbocycles. The van der Waals surface area contributed by atoms with Crippen LogP contribution in [0.5, 0.6) is 0 Å². The number of halogens is 2. The number of anilines is 1. The Kier molecular flexibility index (Phi) is 4.15. The number of rotatable bonds is 3. The molecule has 1 N–H and O–H groups in total. The van der Waals surface area contributed by atoms with Crippen molar-refractivity contribution >= 4 is 55.7 Å². The fourth-order valence-electron chi connectivity index (χ4n) is 1.21. The molecule has 0 radical (unpaired) electrons. The van der Waals surface area contributed by atoms with Crippen molar-refractivity contribution in [2.75, 3.05) is 11.9 Å². The van der Waals surface area contributed by atoms with Gasteiger partial charge in [0.25, 0.3) is 0 Å². The van der Waals surface area contributed by atoms with E-state index in [0.29, 0.717) is 0 Å². The Labute approximate surface area is 120 Å². The smallest absolute Gasteiger partial charge is 0.171 e. The average molecular weight is 410 g/mol. The molecule has 0 aliphatic heterocycles. The van der Waals surface area contributed by atoms with Crippen LogP contribution < -0.4 is 5.32 Å². The highest BCUT2D eigenvalue weighted by Gasteiger charge is 2.08. The van der Waals surface area contributed by atoms with Crippen molar-refractivity contribution in [3.63, 3.8) is 0 Å². The highest BCUT2D eigenvalue weighted by Crippen LogP contribution is 2.30. The van der Waals surface area contributed by atoms with Crippen LogP contribution in [0.4, 0.5) is 5.82 Å². The Morgan fingerprint density at radius 1 is 1.50 bits per heavy atom. The van der Waals surface area contributed by atoms with Crippen molar-refractivity contribution in [3.8, 4) is 10.7 Å². The molecule has 3 nitrogen and oxygen atoms in total. The van der Waals surface area contributed by atoms with Gasteiger partial charge in [0.15, 0.2) is 5.82 Å². The predicted molar refractivity (Wildman–Crippen MR) is 79.9 cm³/mol. The van der Waals surface area contributed by atoms with Crippen molar-refractivity contribution < 1.29 is 0 Å². The summed E-state index contributed by atoms with van der Waals surface area (Å²) >= 11 is 7.31. The fraction of sp³-hybridized carbons (Fsp3) is 0.200. The van der Waals surface area contributed by atoms with Crippen LogP contribution in [-0.2, 0) is 0 Å². The molecule has 0 bridgehead atoms. The molecule has 0 atom stereocenters. The lowest BCUT2D eigenvalue weighted by Crippen LogP contribution is -2.03. The molecule has 0 aliphatic rings. The Morgan fingerprint density at radius 3 is 2.94 bits per heavy atom. The first-order valence-electron chi connectivity index (χ1n) is 4.73. The van der Waals surface area contributed by atoms with Crippen molar-refractivity contribution in [2.24, 2.45) is 0 Å². The van der Waals surface area contributed by atoms with E-state index in [1.165, 1.54) is 0 Å². The van der Waals surface area contributed by atoms with E-state index >= 15 is 0 Å². The van der Waals surface area contributed by atoms with Crippen LogP contribution in [0.2, 0.25) is 0 Å². The SMILES string of the molecule is CCNc1nc(-c2ccc(Br)s2)ncc1I. The van der Waals surface area contributed by atoms with E-state index in [4.69, 9.17) is 0 Å². The summed E-state index contributed by atoms with van der Waals surface area (Å²) < 4.78 is 2.13. The van der Waals surface area contributed by atoms with Gasteiger partial charge in [-0.15, -0.1) is 11.3 Å². The van der Waals surface area contributed by atoms with Gasteiger partial charge < -0.3 is 5.32 Å². The van der Waals surface area contributed by atoms with Crippen molar-refractivity contribution in [2.45, 2.75) is 6.92 Å². The van der Waals surface area contributed by atoms with E-state index in [9.17, 15) is 0 Å². The van der Waals surface area contributed by atoms with Gasteiger partial charge in [0.2, 0.25) is 0 Å². The van der Waals surface area contributed by atoms with Crippen LogP contribution >= 0.6 is 49.9 Å². The fourth-order valence-corrected chi connectivity index (χ4v) is 2.99. The number of aromatic nitrogens is 2. The Hall–Kier alpha value is -0.210. The summed E-state index contributed by atoms with van der Waals surface area (Å²) in [6.45, 7) is 2.92. The van der Waals surface area contributed by atoms with Gasteiger partial charge in [-0.25, -0.2) is 9.97 Å². The zero-order valence-corrected chi connectivity index (χ0v) is 13.1. The summed E-state index contributed by atoms with van der Waals surface area (Å²) in [5.41, 5.74) is 0. The number of hydrogen-bond donors (Lipinski definition) is 1. The number of thiophene rings is 1. The first-order chi connectivity index (χ1) is 7.70. The quantitative estimate of drug-likeness (QED) is 0.778. The predicted octanol–water partition coefficient (Wildman–Crippen LogP) is 4.00. The van der Waals surface area contributed by atoms with Crippen molar-refractivity contribution in [1.29, 1.82) is 0 Å². The summed E-state index contributed by atoms with van der Waals surface area (Å²) in [5, 5.41) is 3.23. The molecule has 0 unspecified atom stereocenters. The molecule has 0 fully saturated rings. The zero-order valence-electron chi connectivity index (χ0n) is 8.50. The van der Waals surface area contributed by atoms with Crippen LogP contribution in [0.1, 0.15) is 6.92 Å². The highest BCUT2D eigenvalue weighted by molar-refractivity contribution is 14.1. The second-order valence-electron chi connectivity index (χ2n) is 3.02. The third-order valence-corrected chi connectivity index (χ3v) is 4.29. The third kappa shape index (κ3) is 2.72. The third-order valence-electron chi connectivity index (χ3n) is 1.88. The second kappa shape index (κ2) is 5.42. The number of nitrogens with one attached hydrogen (secondary N) is 1. The van der Waals surface area contributed by atoms with Crippen molar-refractivity contribution in [1.82, 2.24) is 9.97 Å². The van der Waals surface area contributed by atoms with Crippen LogP contribution in [0.25, 0.3) is 10.7 Å². The molecule has 84 valence electrons. The lowest BCUT2D eigenvalue weighted by atomic mass is 10.4. The summed E-state index contributed by atoms with van der Waals surface area (Å²) in [5.74, 6) is 1.67. The van der Waals surface area contributed by atoms with Gasteiger partial charge >= 0.3 is 0 Å². The van der Waals surface area contributed by atoms with Gasteiger partial charge in [-0.3, -0.25) is 0 Å². The Balaban J connectivity index is 2.39. The normalized spacial score (nSPS) is 10.4. The Morgan fingerprint density at radius 2 is 2.31 bits per heavy atom. The maximum atomic E-state index is 4.51. The molecule has 6 heteroatoms. The van der Waals surface area contributed by atoms with E-state index < -0.39 is 0 Å². The molecule has 2 aromatic heterocycles. The Bertz CT molecular complexity index is 501. The molecule has 0 saturated carbocycles. The zero-order chi connectivity index (χ0) is 11.5. The minimum atomic E-state index is 0.770. The molecular formula is C10H9BrIN3S. The van der Waals surface area contributed by atoms with Gasteiger partial charge in [-0.2, -0.15) is 0 Å². The maximum Gasteiger partial charge on any atom is 0.171 e. The van der Waals surface area contributed by atoms with Crippen LogP contribution in [0, 0.1) is 3.57 Å². The van der Waals surface area contributed by atoms with Gasteiger partial charge in [0.1, 0.15) is 5.82 Å². The minimum absolute atomic E-state index is 0.770. The molecule has 2 rings (SSSR count). The average Bonchev–Trinajstić information content (AvgIpc) is 2.69. The number of hydrogen-bond acceptors (Lipinski definition) is 4. The van der Waals surface area contributed by atoms with Crippen LogP contribution in [0.15, 0.2) is 22.1 Å². The molecule has 2 heterocycles. The van der Waals surface area contributed by atoms with Gasteiger partial charge in [-0.1, -0.05) is 0 Å². The van der Waals surface area contributed by atoms with Crippen molar-refractivity contribution in [3.05, 3.63) is 25.7 Å². The summed E-state index contributed by atoms with van der Waals surface area (Å²) in [6, 6.07) is 4.03. The van der Waals surface area contributed by atoms with E-state index in [2.05, 4.69) is 60.7 Å². The minimum Gasteiger partial charge on any atom is -0.369 e. The van der Waals surface area contributed by atoms with Crippen LogP contribution in [0.3, 0.4) is 0 Å². The monoisotopic (exact) mass is 409 g/mol. The van der Waals surface area contributed by atoms with E-state index in [-0.39, 0.29) is 0 Å². The summed E-state index contributed by atoms with van der Waals surface area (Å²) in [7, 11) is 0. The van der Waals surface area contributed by atoms with E-state index in [0.717, 1.165) is 30.4 Å². The lowest BCUT2D eigenvalue weighted by Gasteiger charge is -2.05.